The Morgan fingerprint density at radius 2 is 1.82 bits per heavy atom. The van der Waals surface area contributed by atoms with Crippen LogP contribution in [0.2, 0.25) is 0 Å². The Morgan fingerprint density at radius 1 is 1.11 bits per heavy atom. The first-order valence-electron chi connectivity index (χ1n) is 14.1. The molecule has 1 aliphatic heterocycles. The number of thioether (sulfide) groups is 1. The van der Waals surface area contributed by atoms with Crippen LogP contribution in [0.4, 0.5) is 28.9 Å². The van der Waals surface area contributed by atoms with Gasteiger partial charge in [-0.3, -0.25) is 14.5 Å². The summed E-state index contributed by atoms with van der Waals surface area (Å²) in [6.07, 6.45) is -2.49. The number of benzene rings is 3. The topological polar surface area (TPSA) is 110 Å². The van der Waals surface area contributed by atoms with E-state index in [2.05, 4.69) is 19.7 Å². The molecule has 1 saturated heterocycles. The number of ether oxygens (including phenoxy) is 1. The van der Waals surface area contributed by atoms with Gasteiger partial charge in [-0.15, -0.1) is 13.2 Å². The molecule has 0 aromatic heterocycles. The average Bonchev–Trinajstić information content (AvgIpc) is 3.66. The normalized spacial score (nSPS) is 19.6. The number of alkyl halides is 3. The molecule has 2 fully saturated rings. The summed E-state index contributed by atoms with van der Waals surface area (Å²) < 4.78 is 54.6. The van der Waals surface area contributed by atoms with Crippen molar-refractivity contribution in [3.8, 4) is 5.75 Å². The third-order valence-corrected chi connectivity index (χ3v) is 8.23. The first kappa shape index (κ1) is 31.9. The lowest BCUT2D eigenvalue weighted by molar-refractivity contribution is -0.274. The molecule has 2 aliphatic rings. The molecule has 1 aliphatic carbocycles. The van der Waals surface area contributed by atoms with Gasteiger partial charge in [0.2, 0.25) is 11.8 Å². The van der Waals surface area contributed by atoms with Crippen LogP contribution in [-0.4, -0.2) is 41.3 Å². The molecule has 0 radical (unpaired) electrons. The third kappa shape index (κ3) is 8.15. The number of aliphatic imine (C=N–C) groups is 3. The molecule has 2 unspecified atom stereocenters. The first-order chi connectivity index (χ1) is 21.4. The van der Waals surface area contributed by atoms with Crippen molar-refractivity contribution in [1.29, 1.82) is 0 Å². The van der Waals surface area contributed by atoms with Crippen molar-refractivity contribution >= 4 is 52.3 Å². The fraction of sp³-hybridized carbons (Fsp3) is 0.281. The second kappa shape index (κ2) is 13.2. The maximum absolute atomic E-state index is 13.9. The standard InChI is InChI=1S/C32H29F4N5O3S/c1-18(2)25-15-22(33)7-12-27(25)41-29(43)16-45-31(41)40-28(42)14-21-13-26(21)19-3-5-20(6-4-19)30(37)39-17-38-23-8-10-24(11-9-23)44-32(34,35)36/h3-12,15,17-18,21,26H,13-14,16H2,1-2H3,(H2,37,38,39). The van der Waals surface area contributed by atoms with Crippen LogP contribution in [0.25, 0.3) is 0 Å². The molecule has 13 heteroatoms. The minimum Gasteiger partial charge on any atom is -0.406 e. The van der Waals surface area contributed by atoms with Gasteiger partial charge >= 0.3 is 6.36 Å². The van der Waals surface area contributed by atoms with E-state index >= 15 is 0 Å². The predicted molar refractivity (Wildman–Crippen MR) is 167 cm³/mol. The third-order valence-electron chi connectivity index (χ3n) is 7.31. The van der Waals surface area contributed by atoms with E-state index < -0.39 is 12.2 Å². The molecular formula is C32H29F4N5O3S. The predicted octanol–water partition coefficient (Wildman–Crippen LogP) is 7.07. The second-order valence-corrected chi connectivity index (χ2v) is 11.8. The van der Waals surface area contributed by atoms with Crippen molar-refractivity contribution in [2.45, 2.75) is 44.9 Å². The van der Waals surface area contributed by atoms with Gasteiger partial charge in [0.1, 0.15) is 23.7 Å². The summed E-state index contributed by atoms with van der Waals surface area (Å²) >= 11 is 1.20. The number of carbonyl (C=O) groups excluding carboxylic acids is 2. The van der Waals surface area contributed by atoms with Crippen molar-refractivity contribution in [1.82, 2.24) is 0 Å². The lowest BCUT2D eigenvalue weighted by atomic mass is 10.0. The van der Waals surface area contributed by atoms with Gasteiger partial charge in [-0.1, -0.05) is 49.9 Å². The maximum Gasteiger partial charge on any atom is 0.573 e. The van der Waals surface area contributed by atoms with E-state index in [1.54, 1.807) is 6.07 Å². The summed E-state index contributed by atoms with van der Waals surface area (Å²) in [5, 5.41) is 0.311. The molecule has 0 bridgehead atoms. The molecule has 45 heavy (non-hydrogen) atoms. The fourth-order valence-corrected chi connectivity index (χ4v) is 5.88. The van der Waals surface area contributed by atoms with Crippen LogP contribution in [0.3, 0.4) is 0 Å². The lowest BCUT2D eigenvalue weighted by Crippen LogP contribution is -2.31. The number of anilines is 1. The van der Waals surface area contributed by atoms with Gasteiger partial charge in [-0.05, 0) is 77.8 Å². The molecular weight excluding hydrogens is 610 g/mol. The van der Waals surface area contributed by atoms with Gasteiger partial charge in [-0.2, -0.15) is 4.99 Å². The van der Waals surface area contributed by atoms with Crippen LogP contribution in [0.1, 0.15) is 55.2 Å². The summed E-state index contributed by atoms with van der Waals surface area (Å²) in [6, 6.07) is 16.8. The average molecular weight is 640 g/mol. The number of nitrogens with two attached hydrogens (primary N) is 1. The Labute approximate surface area is 261 Å². The number of amidine groups is 2. The van der Waals surface area contributed by atoms with E-state index in [0.29, 0.717) is 27.7 Å². The number of nitrogens with zero attached hydrogens (tertiary/aromatic N) is 4. The van der Waals surface area contributed by atoms with Gasteiger partial charge in [0, 0.05) is 12.0 Å². The highest BCUT2D eigenvalue weighted by Gasteiger charge is 2.40. The number of hydrogen-bond donors (Lipinski definition) is 1. The fourth-order valence-electron chi connectivity index (χ4n) is 5.00. The molecule has 2 amide bonds. The molecule has 1 heterocycles. The van der Waals surface area contributed by atoms with Crippen LogP contribution < -0.4 is 15.4 Å². The molecule has 234 valence electrons. The molecule has 0 spiro atoms. The largest absolute Gasteiger partial charge is 0.573 e. The summed E-state index contributed by atoms with van der Waals surface area (Å²) in [6.45, 7) is 3.82. The van der Waals surface area contributed by atoms with Crippen LogP contribution in [0.5, 0.6) is 5.75 Å². The van der Waals surface area contributed by atoms with Crippen LogP contribution >= 0.6 is 11.8 Å². The number of carbonyl (C=O) groups is 2. The molecule has 2 atom stereocenters. The maximum atomic E-state index is 13.9. The molecule has 3 aromatic rings. The van der Waals surface area contributed by atoms with Crippen molar-refractivity contribution < 1.29 is 31.9 Å². The highest BCUT2D eigenvalue weighted by Crippen LogP contribution is 2.49. The monoisotopic (exact) mass is 639 g/mol. The Morgan fingerprint density at radius 3 is 2.49 bits per heavy atom. The number of halogens is 4. The Bertz CT molecular complexity index is 1670. The zero-order valence-corrected chi connectivity index (χ0v) is 25.1. The van der Waals surface area contributed by atoms with Crippen LogP contribution in [-0.2, 0) is 9.59 Å². The van der Waals surface area contributed by atoms with E-state index in [4.69, 9.17) is 5.73 Å². The van der Waals surface area contributed by atoms with Gasteiger partial charge in [-0.25, -0.2) is 14.4 Å². The molecule has 2 N–H and O–H groups in total. The van der Waals surface area contributed by atoms with E-state index in [1.807, 2.05) is 38.1 Å². The second-order valence-electron chi connectivity index (χ2n) is 10.9. The quantitative estimate of drug-likeness (QED) is 0.153. The van der Waals surface area contributed by atoms with Gasteiger partial charge in [0.15, 0.2) is 5.17 Å². The number of hydrogen-bond acceptors (Lipinski definition) is 5. The van der Waals surface area contributed by atoms with E-state index in [-0.39, 0.29) is 53.3 Å². The highest BCUT2D eigenvalue weighted by molar-refractivity contribution is 8.15. The highest BCUT2D eigenvalue weighted by atomic mass is 32.2. The van der Waals surface area contributed by atoms with Crippen molar-refractivity contribution in [3.63, 3.8) is 0 Å². The summed E-state index contributed by atoms with van der Waals surface area (Å²) in [5.74, 6) is -0.619. The van der Waals surface area contributed by atoms with Crippen LogP contribution in [0.15, 0.2) is 81.7 Å². The molecule has 5 rings (SSSR count). The lowest BCUT2D eigenvalue weighted by Gasteiger charge is -2.21. The molecule has 1 saturated carbocycles. The van der Waals surface area contributed by atoms with Crippen LogP contribution in [0, 0.1) is 11.7 Å². The van der Waals surface area contributed by atoms with E-state index in [0.717, 1.165) is 24.1 Å². The van der Waals surface area contributed by atoms with E-state index in [9.17, 15) is 27.2 Å². The zero-order chi connectivity index (χ0) is 32.3. The van der Waals surface area contributed by atoms with Crippen molar-refractivity contribution in [3.05, 3.63) is 89.2 Å². The smallest absolute Gasteiger partial charge is 0.406 e. The zero-order valence-electron chi connectivity index (χ0n) is 24.3. The Balaban J connectivity index is 1.17. The minimum atomic E-state index is -4.77. The summed E-state index contributed by atoms with van der Waals surface area (Å²) in [4.78, 5) is 39.5. The molecule has 3 aromatic carbocycles. The first-order valence-corrected chi connectivity index (χ1v) is 15.0. The summed E-state index contributed by atoms with van der Waals surface area (Å²) in [7, 11) is 0. The van der Waals surface area contributed by atoms with Crippen molar-refractivity contribution in [2.24, 2.45) is 26.6 Å². The Hall–Kier alpha value is -4.52. The van der Waals surface area contributed by atoms with Gasteiger partial charge < -0.3 is 10.5 Å². The van der Waals surface area contributed by atoms with Crippen molar-refractivity contribution in [2.75, 3.05) is 10.7 Å². The number of rotatable bonds is 9. The van der Waals surface area contributed by atoms with E-state index in [1.165, 1.54) is 47.3 Å². The minimum absolute atomic E-state index is 0.0318. The SMILES string of the molecule is CC(C)c1cc(F)ccc1N1C(=O)CSC1=NC(=O)CC1CC1c1ccc(C(N)=NC=Nc2ccc(OC(F)(F)F)cc2)cc1. The van der Waals surface area contributed by atoms with Gasteiger partial charge in [0.25, 0.3) is 0 Å². The number of amides is 2. The van der Waals surface area contributed by atoms with Gasteiger partial charge in [0.05, 0.1) is 17.1 Å². The molecule has 8 nitrogen and oxygen atoms in total. The Kier molecular flexibility index (Phi) is 9.37. The summed E-state index contributed by atoms with van der Waals surface area (Å²) in [5.41, 5.74) is 9.35.